The first-order valence-corrected chi connectivity index (χ1v) is 10.6. The van der Waals surface area contributed by atoms with Crippen LogP contribution in [0.1, 0.15) is 5.56 Å². The Morgan fingerprint density at radius 1 is 0.941 bits per heavy atom. The third-order valence-corrected chi connectivity index (χ3v) is 5.64. The third-order valence-electron chi connectivity index (χ3n) is 5.64. The van der Waals surface area contributed by atoms with E-state index in [0.29, 0.717) is 37.1 Å². The normalized spacial score (nSPS) is 14.9. The Bertz CT molecular complexity index is 1270. The fourth-order valence-corrected chi connectivity index (χ4v) is 3.85. The van der Waals surface area contributed by atoms with E-state index in [-0.39, 0.29) is 30.2 Å². The fraction of sp³-hybridized carbons (Fsp3) is 0.304. The molecule has 4 rings (SSSR count). The predicted molar refractivity (Wildman–Crippen MR) is 119 cm³/mol. The molecule has 0 atom stereocenters. The van der Waals surface area contributed by atoms with Crippen LogP contribution in [0.4, 0.5) is 18.9 Å². The second-order valence-corrected chi connectivity index (χ2v) is 7.94. The Balaban J connectivity index is 1.31. The van der Waals surface area contributed by atoms with Gasteiger partial charge in [0.05, 0.1) is 35.0 Å². The maximum absolute atomic E-state index is 13.1. The number of hydrogen-bond donors (Lipinski definition) is 1. The molecule has 2 heterocycles. The van der Waals surface area contributed by atoms with E-state index in [9.17, 15) is 27.6 Å². The number of anilines is 1. The zero-order valence-electron chi connectivity index (χ0n) is 18.1. The highest BCUT2D eigenvalue weighted by Crippen LogP contribution is 2.34. The molecule has 8 nitrogen and oxygen atoms in total. The van der Waals surface area contributed by atoms with E-state index >= 15 is 0 Å². The molecule has 1 fully saturated rings. The molecule has 1 saturated heterocycles. The minimum absolute atomic E-state index is 0.0950. The Morgan fingerprint density at radius 2 is 1.62 bits per heavy atom. The number of nitrogens with zero attached hydrogens (tertiary/aromatic N) is 4. The summed E-state index contributed by atoms with van der Waals surface area (Å²) in [6.07, 6.45) is -3.22. The van der Waals surface area contributed by atoms with Gasteiger partial charge in [-0.3, -0.25) is 23.9 Å². The van der Waals surface area contributed by atoms with Crippen molar-refractivity contribution >= 4 is 28.4 Å². The molecular weight excluding hydrogens is 451 g/mol. The minimum atomic E-state index is -4.57. The van der Waals surface area contributed by atoms with E-state index in [0.717, 1.165) is 6.07 Å². The quantitative estimate of drug-likeness (QED) is 0.614. The zero-order valence-corrected chi connectivity index (χ0v) is 18.1. The number of halogens is 3. The number of piperazine rings is 1. The summed E-state index contributed by atoms with van der Waals surface area (Å²) in [5, 5.41) is 2.76. The fourth-order valence-electron chi connectivity index (χ4n) is 3.85. The Hall–Kier alpha value is -3.73. The molecule has 1 aromatic heterocycles. The average Bonchev–Trinajstić information content (AvgIpc) is 2.81. The standard InChI is InChI=1S/C23H22F3N5O3/c24-23(25,26)17-6-2-4-8-19(17)28-20(32)13-29-9-11-30(12-10-29)21(33)14-31-15-27-18-7-3-1-5-16(18)22(31)34/h1-8,15H,9-14H2,(H,28,32). The van der Waals surface area contributed by atoms with Crippen molar-refractivity contribution in [1.29, 1.82) is 0 Å². The molecule has 1 N–H and O–H groups in total. The number of benzene rings is 2. The van der Waals surface area contributed by atoms with Gasteiger partial charge in [0.2, 0.25) is 11.8 Å². The van der Waals surface area contributed by atoms with Gasteiger partial charge in [0.25, 0.3) is 5.56 Å². The van der Waals surface area contributed by atoms with Crippen LogP contribution in [0, 0.1) is 0 Å². The number of aromatic nitrogens is 2. The summed E-state index contributed by atoms with van der Waals surface area (Å²) < 4.78 is 40.6. The van der Waals surface area contributed by atoms with Gasteiger partial charge in [-0.25, -0.2) is 4.98 Å². The lowest BCUT2D eigenvalue weighted by atomic mass is 10.1. The van der Waals surface area contributed by atoms with Crippen molar-refractivity contribution in [3.05, 3.63) is 70.8 Å². The number of rotatable bonds is 5. The summed E-state index contributed by atoms with van der Waals surface area (Å²) in [5.41, 5.74) is -0.935. The van der Waals surface area contributed by atoms with E-state index in [1.165, 1.54) is 29.1 Å². The van der Waals surface area contributed by atoms with Crippen molar-refractivity contribution in [2.24, 2.45) is 0 Å². The predicted octanol–water partition coefficient (Wildman–Crippen LogP) is 2.20. The van der Waals surface area contributed by atoms with Gasteiger partial charge in [0.15, 0.2) is 0 Å². The SMILES string of the molecule is O=C(CN1CCN(C(=O)Cn2cnc3ccccc3c2=O)CC1)Nc1ccccc1C(F)(F)F. The van der Waals surface area contributed by atoms with Crippen LogP contribution < -0.4 is 10.9 Å². The second-order valence-electron chi connectivity index (χ2n) is 7.94. The van der Waals surface area contributed by atoms with E-state index < -0.39 is 17.6 Å². The number of hydrogen-bond acceptors (Lipinski definition) is 5. The smallest absolute Gasteiger partial charge is 0.339 e. The van der Waals surface area contributed by atoms with Crippen LogP contribution in [0.2, 0.25) is 0 Å². The topological polar surface area (TPSA) is 87.5 Å². The number of alkyl halides is 3. The number of carbonyl (C=O) groups excluding carboxylic acids is 2. The van der Waals surface area contributed by atoms with Gasteiger partial charge in [-0.1, -0.05) is 24.3 Å². The van der Waals surface area contributed by atoms with Gasteiger partial charge < -0.3 is 10.2 Å². The van der Waals surface area contributed by atoms with Crippen LogP contribution in [0.5, 0.6) is 0 Å². The Kier molecular flexibility index (Phi) is 6.64. The largest absolute Gasteiger partial charge is 0.418 e. The van der Waals surface area contributed by atoms with Gasteiger partial charge >= 0.3 is 6.18 Å². The summed E-state index contributed by atoms with van der Waals surface area (Å²) in [7, 11) is 0. The maximum Gasteiger partial charge on any atom is 0.418 e. The molecule has 2 aromatic carbocycles. The van der Waals surface area contributed by atoms with Gasteiger partial charge in [-0.05, 0) is 24.3 Å². The van der Waals surface area contributed by atoms with Crippen LogP contribution in [0.3, 0.4) is 0 Å². The average molecular weight is 473 g/mol. The molecule has 178 valence electrons. The monoisotopic (exact) mass is 473 g/mol. The molecular formula is C23H22F3N5O3. The van der Waals surface area contributed by atoms with Gasteiger partial charge in [0, 0.05) is 26.2 Å². The highest BCUT2D eigenvalue weighted by Gasteiger charge is 2.33. The number of nitrogens with one attached hydrogen (secondary N) is 1. The number of para-hydroxylation sites is 2. The highest BCUT2D eigenvalue weighted by molar-refractivity contribution is 5.93. The van der Waals surface area contributed by atoms with Crippen molar-refractivity contribution in [1.82, 2.24) is 19.4 Å². The summed E-state index contributed by atoms with van der Waals surface area (Å²) in [5.74, 6) is -0.812. The molecule has 2 amide bonds. The van der Waals surface area contributed by atoms with Crippen molar-refractivity contribution in [2.45, 2.75) is 12.7 Å². The molecule has 0 bridgehead atoms. The van der Waals surface area contributed by atoms with Crippen molar-refractivity contribution in [3.63, 3.8) is 0 Å². The first kappa shape index (κ1) is 23.4. The lowest BCUT2D eigenvalue weighted by molar-refractivity contribution is -0.137. The zero-order chi connectivity index (χ0) is 24.3. The molecule has 1 aliphatic heterocycles. The van der Waals surface area contributed by atoms with Gasteiger partial charge in [-0.15, -0.1) is 0 Å². The summed E-state index contributed by atoms with van der Waals surface area (Å²) in [4.78, 5) is 45.2. The van der Waals surface area contributed by atoms with Crippen LogP contribution in [0.15, 0.2) is 59.7 Å². The van der Waals surface area contributed by atoms with Gasteiger partial charge in [0.1, 0.15) is 6.54 Å². The first-order chi connectivity index (χ1) is 16.2. The number of carbonyl (C=O) groups is 2. The molecule has 0 spiro atoms. The second kappa shape index (κ2) is 9.64. The van der Waals surface area contributed by atoms with E-state index in [1.54, 1.807) is 34.1 Å². The lowest BCUT2D eigenvalue weighted by Gasteiger charge is -2.34. The molecule has 1 aliphatic rings. The van der Waals surface area contributed by atoms with E-state index in [4.69, 9.17) is 0 Å². The Labute approximate surface area is 192 Å². The molecule has 0 unspecified atom stereocenters. The summed E-state index contributed by atoms with van der Waals surface area (Å²) in [6, 6.07) is 11.7. The number of fused-ring (bicyclic) bond motifs is 1. The van der Waals surface area contributed by atoms with E-state index in [2.05, 4.69) is 10.3 Å². The van der Waals surface area contributed by atoms with E-state index in [1.807, 2.05) is 0 Å². The molecule has 11 heteroatoms. The minimum Gasteiger partial charge on any atom is -0.339 e. The molecule has 0 saturated carbocycles. The van der Waals surface area contributed by atoms with Crippen LogP contribution in [-0.2, 0) is 22.3 Å². The van der Waals surface area contributed by atoms with Crippen LogP contribution in [0.25, 0.3) is 10.9 Å². The molecule has 3 aromatic rings. The Morgan fingerprint density at radius 3 is 2.35 bits per heavy atom. The lowest BCUT2D eigenvalue weighted by Crippen LogP contribution is -2.51. The van der Waals surface area contributed by atoms with Crippen molar-refractivity contribution < 1.29 is 22.8 Å². The summed E-state index contributed by atoms with van der Waals surface area (Å²) in [6.45, 7) is 1.19. The van der Waals surface area contributed by atoms with Crippen molar-refractivity contribution in [3.8, 4) is 0 Å². The molecule has 0 aliphatic carbocycles. The third kappa shape index (κ3) is 5.25. The number of amides is 2. The maximum atomic E-state index is 13.1. The van der Waals surface area contributed by atoms with Crippen LogP contribution in [-0.4, -0.2) is 63.9 Å². The molecule has 0 radical (unpaired) electrons. The van der Waals surface area contributed by atoms with Gasteiger partial charge in [-0.2, -0.15) is 13.2 Å². The van der Waals surface area contributed by atoms with Crippen LogP contribution >= 0.6 is 0 Å². The molecule has 34 heavy (non-hydrogen) atoms. The highest BCUT2D eigenvalue weighted by atomic mass is 19.4. The van der Waals surface area contributed by atoms with Crippen molar-refractivity contribution in [2.75, 3.05) is 38.0 Å². The first-order valence-electron chi connectivity index (χ1n) is 10.6. The summed E-state index contributed by atoms with van der Waals surface area (Å²) >= 11 is 0.